The number of carbonyl (C=O) groups excluding carboxylic acids is 1. The van der Waals surface area contributed by atoms with E-state index in [0.29, 0.717) is 28.2 Å². The van der Waals surface area contributed by atoms with Crippen molar-refractivity contribution in [1.29, 1.82) is 0 Å². The van der Waals surface area contributed by atoms with Crippen LogP contribution >= 0.6 is 0 Å². The first-order chi connectivity index (χ1) is 17.3. The number of fused-ring (bicyclic) bond motifs is 2. The molecule has 2 heterocycles. The fourth-order valence-corrected chi connectivity index (χ4v) is 4.77. The zero-order chi connectivity index (χ0) is 25.7. The van der Waals surface area contributed by atoms with Crippen molar-refractivity contribution in [3.8, 4) is 40.2 Å². The molecule has 0 bridgehead atoms. The van der Waals surface area contributed by atoms with Crippen LogP contribution in [0.25, 0.3) is 0 Å². The molecule has 0 aromatic heterocycles. The maximum Gasteiger partial charge on any atom is 0.202 e. The fraction of sp³-hybridized carbons (Fsp3) is 0.269. The van der Waals surface area contributed by atoms with E-state index in [0.717, 1.165) is 6.07 Å². The van der Waals surface area contributed by atoms with Crippen LogP contribution in [0.4, 0.5) is 0 Å². The van der Waals surface area contributed by atoms with Gasteiger partial charge in [-0.25, -0.2) is 0 Å². The second-order valence-corrected chi connectivity index (χ2v) is 8.59. The Balaban J connectivity index is 1.57. The minimum absolute atomic E-state index is 0.0392. The van der Waals surface area contributed by atoms with E-state index in [9.17, 15) is 30.3 Å². The van der Waals surface area contributed by atoms with Crippen molar-refractivity contribution in [2.75, 3.05) is 20.8 Å². The van der Waals surface area contributed by atoms with Crippen LogP contribution in [0, 0.1) is 0 Å². The van der Waals surface area contributed by atoms with Gasteiger partial charge in [-0.1, -0.05) is 6.07 Å². The first-order valence-corrected chi connectivity index (χ1v) is 11.1. The maximum absolute atomic E-state index is 12.9. The number of methoxy groups -OCH3 is 2. The molecule has 4 atom stereocenters. The van der Waals surface area contributed by atoms with Crippen LogP contribution in [0.1, 0.15) is 45.2 Å². The third-order valence-corrected chi connectivity index (χ3v) is 6.51. The summed E-state index contributed by atoms with van der Waals surface area (Å²) in [5, 5.41) is 50.9. The molecule has 0 saturated carbocycles. The van der Waals surface area contributed by atoms with Gasteiger partial charge in [0.25, 0.3) is 0 Å². The van der Waals surface area contributed by atoms with Crippen molar-refractivity contribution < 1.29 is 49.3 Å². The van der Waals surface area contributed by atoms with Gasteiger partial charge < -0.3 is 44.5 Å². The second-order valence-electron chi connectivity index (χ2n) is 8.59. The second kappa shape index (κ2) is 8.81. The van der Waals surface area contributed by atoms with Crippen LogP contribution in [-0.2, 0) is 0 Å². The molecule has 0 fully saturated rings. The highest BCUT2D eigenvalue weighted by molar-refractivity contribution is 6.05. The number of aromatic hydroxyl groups is 3. The van der Waals surface area contributed by atoms with Gasteiger partial charge in [-0.05, 0) is 35.4 Å². The molecule has 5 N–H and O–H groups in total. The molecule has 0 saturated heterocycles. The summed E-state index contributed by atoms with van der Waals surface area (Å²) in [4.78, 5) is 12.9. The minimum Gasteiger partial charge on any atom is -0.508 e. The van der Waals surface area contributed by atoms with Crippen molar-refractivity contribution in [2.24, 2.45) is 0 Å². The molecule has 0 aliphatic carbocycles. The molecule has 188 valence electrons. The number of aliphatic hydroxyl groups is 2. The van der Waals surface area contributed by atoms with E-state index < -0.39 is 35.8 Å². The predicted molar refractivity (Wildman–Crippen MR) is 124 cm³/mol. The number of hydrogen-bond donors (Lipinski definition) is 5. The average molecular weight is 496 g/mol. The zero-order valence-electron chi connectivity index (χ0n) is 19.3. The molecule has 0 radical (unpaired) electrons. The minimum atomic E-state index is -1.65. The largest absolute Gasteiger partial charge is 0.508 e. The number of ketones is 1. The monoisotopic (exact) mass is 496 g/mol. The molecular weight excluding hydrogens is 472 g/mol. The van der Waals surface area contributed by atoms with E-state index in [2.05, 4.69) is 0 Å². The number of aliphatic hydroxyl groups excluding tert-OH is 2. The van der Waals surface area contributed by atoms with Crippen LogP contribution < -0.4 is 18.9 Å². The van der Waals surface area contributed by atoms with Gasteiger partial charge in [0.15, 0.2) is 35.2 Å². The molecule has 10 nitrogen and oxygen atoms in total. The molecule has 2 aliphatic rings. The van der Waals surface area contributed by atoms with E-state index in [1.165, 1.54) is 26.4 Å². The highest BCUT2D eigenvalue weighted by atomic mass is 16.5. The van der Waals surface area contributed by atoms with E-state index >= 15 is 0 Å². The third kappa shape index (κ3) is 3.62. The number of phenolic OH excluding ortho intramolecular Hbond substituents is 3. The van der Waals surface area contributed by atoms with Crippen molar-refractivity contribution in [2.45, 2.75) is 24.2 Å². The Bertz CT molecular complexity index is 1350. The van der Waals surface area contributed by atoms with E-state index in [4.69, 9.17) is 18.9 Å². The summed E-state index contributed by atoms with van der Waals surface area (Å²) in [6, 6.07) is 10.1. The SMILES string of the molecule is COc1cc([C@@H]2Oc3c(OC)cc([C@H]4Oc5cc(O)cc(O)c5C(=O)[C@@H]4O)cc3[C@H]2CO)ccc1O. The molecule has 0 unspecified atom stereocenters. The summed E-state index contributed by atoms with van der Waals surface area (Å²) in [6.07, 6.45) is -3.47. The first kappa shape index (κ1) is 23.6. The van der Waals surface area contributed by atoms with Gasteiger partial charge in [0.2, 0.25) is 5.78 Å². The first-order valence-electron chi connectivity index (χ1n) is 11.1. The number of benzene rings is 3. The molecule has 3 aromatic rings. The molecule has 0 spiro atoms. The number of Topliss-reactive ketones (excluding diaryl/α,β-unsaturated/α-hetero) is 1. The van der Waals surface area contributed by atoms with Crippen LogP contribution in [0.5, 0.6) is 40.2 Å². The Labute approximate surface area is 205 Å². The van der Waals surface area contributed by atoms with Gasteiger partial charge in [-0.15, -0.1) is 0 Å². The number of phenols is 3. The lowest BCUT2D eigenvalue weighted by atomic mass is 9.87. The van der Waals surface area contributed by atoms with E-state index in [1.807, 2.05) is 0 Å². The summed E-state index contributed by atoms with van der Waals surface area (Å²) in [6.45, 7) is -0.301. The summed E-state index contributed by atoms with van der Waals surface area (Å²) < 4.78 is 22.8. The van der Waals surface area contributed by atoms with Crippen molar-refractivity contribution in [1.82, 2.24) is 0 Å². The van der Waals surface area contributed by atoms with Gasteiger partial charge in [0.1, 0.15) is 28.9 Å². The number of ether oxygens (including phenoxy) is 4. The maximum atomic E-state index is 12.9. The van der Waals surface area contributed by atoms with Crippen LogP contribution in [0.3, 0.4) is 0 Å². The van der Waals surface area contributed by atoms with E-state index in [-0.39, 0.29) is 35.2 Å². The average Bonchev–Trinajstić information content (AvgIpc) is 3.24. The highest BCUT2D eigenvalue weighted by Crippen LogP contribution is 2.53. The third-order valence-electron chi connectivity index (χ3n) is 6.51. The molecule has 36 heavy (non-hydrogen) atoms. The predicted octanol–water partition coefficient (Wildman–Crippen LogP) is 2.71. The number of rotatable bonds is 5. The van der Waals surface area contributed by atoms with Crippen LogP contribution in [0.2, 0.25) is 0 Å². The fourth-order valence-electron chi connectivity index (χ4n) is 4.77. The lowest BCUT2D eigenvalue weighted by molar-refractivity contribution is 0.0209. The number of carbonyl (C=O) groups is 1. The Kier molecular flexibility index (Phi) is 5.77. The summed E-state index contributed by atoms with van der Waals surface area (Å²) in [5.41, 5.74) is 1.36. The van der Waals surface area contributed by atoms with Gasteiger partial charge in [0.05, 0.1) is 26.7 Å². The highest BCUT2D eigenvalue weighted by Gasteiger charge is 2.42. The molecule has 0 amide bonds. The molecule has 5 rings (SSSR count). The Morgan fingerprint density at radius 3 is 2.28 bits per heavy atom. The van der Waals surface area contributed by atoms with Crippen LogP contribution in [-0.4, -0.2) is 58.2 Å². The molecule has 3 aromatic carbocycles. The smallest absolute Gasteiger partial charge is 0.202 e. The van der Waals surface area contributed by atoms with Crippen molar-refractivity contribution in [3.63, 3.8) is 0 Å². The summed E-state index contributed by atoms with van der Waals surface area (Å²) >= 11 is 0. The Hall–Kier alpha value is -4.15. The lowest BCUT2D eigenvalue weighted by Crippen LogP contribution is -2.36. The Morgan fingerprint density at radius 2 is 1.58 bits per heavy atom. The van der Waals surface area contributed by atoms with Crippen molar-refractivity contribution in [3.05, 3.63) is 64.7 Å². The topological polar surface area (TPSA) is 155 Å². The quantitative estimate of drug-likeness (QED) is 0.356. The zero-order valence-corrected chi connectivity index (χ0v) is 19.3. The summed E-state index contributed by atoms with van der Waals surface area (Å²) in [7, 11) is 2.86. The standard InChI is InChI=1S/C26H24O10/c1-33-18-6-11(3-4-16(18)29)24-15(10-27)14-5-12(7-20(34-2)26(14)36-24)25-23(32)22(31)21-17(30)8-13(28)9-19(21)35-25/h3-9,15,23-25,27-30,32H,10H2,1-2H3/t15-,23+,24+,25-/m1/s1. The van der Waals surface area contributed by atoms with Crippen LogP contribution in [0.15, 0.2) is 42.5 Å². The van der Waals surface area contributed by atoms with Crippen molar-refractivity contribution >= 4 is 5.78 Å². The molecular formula is C26H24O10. The van der Waals surface area contributed by atoms with Gasteiger partial charge >= 0.3 is 0 Å². The summed E-state index contributed by atoms with van der Waals surface area (Å²) in [5.74, 6) is -1.31. The van der Waals surface area contributed by atoms with Gasteiger partial charge in [0, 0.05) is 17.7 Å². The van der Waals surface area contributed by atoms with Gasteiger partial charge in [-0.3, -0.25) is 4.79 Å². The number of hydrogen-bond acceptors (Lipinski definition) is 10. The normalized spacial score (nSPS) is 22.3. The molecule has 10 heteroatoms. The Morgan fingerprint density at radius 1 is 0.861 bits per heavy atom. The van der Waals surface area contributed by atoms with E-state index in [1.54, 1.807) is 24.3 Å². The molecule has 2 aliphatic heterocycles. The van der Waals surface area contributed by atoms with Gasteiger partial charge in [-0.2, -0.15) is 0 Å². The lowest BCUT2D eigenvalue weighted by Gasteiger charge is -2.30.